The zero-order chi connectivity index (χ0) is 16.3. The number of piperidine rings is 1. The molecule has 5 nitrogen and oxygen atoms in total. The van der Waals surface area contributed by atoms with E-state index in [1.807, 2.05) is 0 Å². The lowest BCUT2D eigenvalue weighted by molar-refractivity contribution is -0.145. The Labute approximate surface area is 135 Å². The van der Waals surface area contributed by atoms with Gasteiger partial charge >= 0.3 is 6.03 Å². The summed E-state index contributed by atoms with van der Waals surface area (Å²) in [6.07, 6.45) is 3.69. The van der Waals surface area contributed by atoms with Crippen molar-refractivity contribution in [3.63, 3.8) is 0 Å². The van der Waals surface area contributed by atoms with Crippen molar-refractivity contribution in [3.8, 4) is 0 Å². The number of hydrogen-bond donors (Lipinski definition) is 1. The number of nitrogens with zero attached hydrogens (tertiary/aromatic N) is 1. The summed E-state index contributed by atoms with van der Waals surface area (Å²) in [7, 11) is 1.74. The first-order valence-electron chi connectivity index (χ1n) is 8.08. The van der Waals surface area contributed by atoms with Gasteiger partial charge in [0, 0.05) is 38.9 Å². The van der Waals surface area contributed by atoms with Crippen LogP contribution in [0.2, 0.25) is 0 Å². The maximum Gasteiger partial charge on any atom is 0.321 e. The minimum atomic E-state index is -0.360. The number of carbonyl (C=O) groups is 1. The topological polar surface area (TPSA) is 50.8 Å². The molecule has 1 spiro atoms. The van der Waals surface area contributed by atoms with Crippen molar-refractivity contribution in [1.82, 2.24) is 4.90 Å². The highest BCUT2D eigenvalue weighted by molar-refractivity contribution is 5.89. The second kappa shape index (κ2) is 6.84. The third-order valence-electron chi connectivity index (χ3n) is 4.82. The van der Waals surface area contributed by atoms with Gasteiger partial charge in [-0.15, -0.1) is 0 Å². The molecule has 1 N–H and O–H groups in total. The Morgan fingerprint density at radius 2 is 2.22 bits per heavy atom. The first-order chi connectivity index (χ1) is 11.1. The van der Waals surface area contributed by atoms with Crippen LogP contribution in [0.15, 0.2) is 24.3 Å². The van der Waals surface area contributed by atoms with Gasteiger partial charge < -0.3 is 19.7 Å². The predicted molar refractivity (Wildman–Crippen MR) is 84.9 cm³/mol. The molecule has 2 amide bonds. The van der Waals surface area contributed by atoms with Gasteiger partial charge in [0.1, 0.15) is 5.82 Å². The molecular weight excluding hydrogens is 299 g/mol. The van der Waals surface area contributed by atoms with Gasteiger partial charge in [-0.3, -0.25) is 0 Å². The Morgan fingerprint density at radius 3 is 2.91 bits per heavy atom. The number of methoxy groups -OCH3 is 1. The number of amides is 2. The monoisotopic (exact) mass is 322 g/mol. The Balaban J connectivity index is 1.55. The lowest BCUT2D eigenvalue weighted by Crippen LogP contribution is -2.52. The highest BCUT2D eigenvalue weighted by atomic mass is 19.1. The van der Waals surface area contributed by atoms with Gasteiger partial charge in [-0.25, -0.2) is 9.18 Å². The summed E-state index contributed by atoms with van der Waals surface area (Å²) in [4.78, 5) is 14.1. The average Bonchev–Trinajstić information content (AvgIpc) is 2.55. The summed E-state index contributed by atoms with van der Waals surface area (Å²) >= 11 is 0. The Bertz CT molecular complexity index is 559. The van der Waals surface area contributed by atoms with Gasteiger partial charge in [0.2, 0.25) is 0 Å². The zero-order valence-corrected chi connectivity index (χ0v) is 13.4. The van der Waals surface area contributed by atoms with Crippen molar-refractivity contribution in [2.45, 2.75) is 37.4 Å². The molecule has 1 unspecified atom stereocenters. The molecule has 1 atom stereocenters. The van der Waals surface area contributed by atoms with Crippen LogP contribution in [-0.4, -0.2) is 49.4 Å². The van der Waals surface area contributed by atoms with Gasteiger partial charge in [-0.1, -0.05) is 6.07 Å². The number of rotatable bonds is 2. The average molecular weight is 322 g/mol. The van der Waals surface area contributed by atoms with Gasteiger partial charge in [0.25, 0.3) is 0 Å². The highest BCUT2D eigenvalue weighted by Crippen LogP contribution is 2.36. The third kappa shape index (κ3) is 3.82. The zero-order valence-electron chi connectivity index (χ0n) is 13.4. The van der Waals surface area contributed by atoms with Crippen LogP contribution in [0.1, 0.15) is 25.7 Å². The number of urea groups is 1. The Morgan fingerprint density at radius 1 is 1.43 bits per heavy atom. The summed E-state index contributed by atoms with van der Waals surface area (Å²) in [5.41, 5.74) is 0.317. The summed E-state index contributed by atoms with van der Waals surface area (Å²) in [6, 6.07) is 5.74. The molecule has 0 radical (unpaired) electrons. The van der Waals surface area contributed by atoms with Crippen LogP contribution < -0.4 is 5.32 Å². The lowest BCUT2D eigenvalue weighted by atomic mass is 9.83. The number of nitrogens with one attached hydrogen (secondary N) is 1. The molecule has 2 saturated heterocycles. The molecule has 1 aromatic rings. The smallest absolute Gasteiger partial charge is 0.321 e. The van der Waals surface area contributed by atoms with Gasteiger partial charge in [-0.2, -0.15) is 0 Å². The maximum atomic E-state index is 13.2. The van der Waals surface area contributed by atoms with E-state index in [0.29, 0.717) is 25.4 Å². The van der Waals surface area contributed by atoms with Crippen molar-refractivity contribution in [3.05, 3.63) is 30.1 Å². The van der Waals surface area contributed by atoms with E-state index < -0.39 is 0 Å². The third-order valence-corrected chi connectivity index (χ3v) is 4.82. The number of carbonyl (C=O) groups excluding carboxylic acids is 1. The van der Waals surface area contributed by atoms with E-state index in [-0.39, 0.29) is 23.6 Å². The molecule has 0 aromatic heterocycles. The quantitative estimate of drug-likeness (QED) is 0.910. The molecule has 2 aliphatic rings. The van der Waals surface area contributed by atoms with Crippen LogP contribution in [-0.2, 0) is 9.47 Å². The number of anilines is 1. The Hall–Kier alpha value is -1.66. The molecule has 126 valence electrons. The number of benzene rings is 1. The SMILES string of the molecule is COC1CCOC2(CCN(C(=O)Nc3cccc(F)c3)CC2)C1. The molecule has 0 bridgehead atoms. The second-order valence-electron chi connectivity index (χ2n) is 6.31. The molecule has 2 aliphatic heterocycles. The van der Waals surface area contributed by atoms with Crippen molar-refractivity contribution >= 4 is 11.7 Å². The fraction of sp³-hybridized carbons (Fsp3) is 0.588. The molecular formula is C17H23FN2O3. The standard InChI is InChI=1S/C17H23FN2O3/c1-22-15-5-10-23-17(12-15)6-8-20(9-7-17)16(21)19-14-4-2-3-13(18)11-14/h2-4,11,15H,5-10,12H2,1H3,(H,19,21). The number of hydrogen-bond acceptors (Lipinski definition) is 3. The van der Waals surface area contributed by atoms with Crippen molar-refractivity contribution in [2.24, 2.45) is 0 Å². The largest absolute Gasteiger partial charge is 0.381 e. The fourth-order valence-electron chi connectivity index (χ4n) is 3.42. The molecule has 0 aliphatic carbocycles. The van der Waals surface area contributed by atoms with E-state index in [1.165, 1.54) is 12.1 Å². The minimum Gasteiger partial charge on any atom is -0.381 e. The second-order valence-corrected chi connectivity index (χ2v) is 6.31. The minimum absolute atomic E-state index is 0.158. The summed E-state index contributed by atoms with van der Waals surface area (Å²) in [6.45, 7) is 1.99. The van der Waals surface area contributed by atoms with Crippen LogP contribution >= 0.6 is 0 Å². The molecule has 0 saturated carbocycles. The van der Waals surface area contributed by atoms with E-state index in [0.717, 1.165) is 25.7 Å². The van der Waals surface area contributed by atoms with Crippen molar-refractivity contribution in [1.29, 1.82) is 0 Å². The van der Waals surface area contributed by atoms with E-state index in [1.54, 1.807) is 24.1 Å². The lowest BCUT2D eigenvalue weighted by Gasteiger charge is -2.45. The van der Waals surface area contributed by atoms with Crippen LogP contribution in [0, 0.1) is 5.82 Å². The van der Waals surface area contributed by atoms with Crippen LogP contribution in [0.5, 0.6) is 0 Å². The van der Waals surface area contributed by atoms with Gasteiger partial charge in [0.15, 0.2) is 0 Å². The van der Waals surface area contributed by atoms with Crippen LogP contribution in [0.3, 0.4) is 0 Å². The molecule has 23 heavy (non-hydrogen) atoms. The van der Waals surface area contributed by atoms with E-state index in [9.17, 15) is 9.18 Å². The van der Waals surface area contributed by atoms with E-state index in [4.69, 9.17) is 9.47 Å². The van der Waals surface area contributed by atoms with Gasteiger partial charge in [0.05, 0.1) is 11.7 Å². The number of likely N-dealkylation sites (tertiary alicyclic amines) is 1. The van der Waals surface area contributed by atoms with Crippen LogP contribution in [0.4, 0.5) is 14.9 Å². The van der Waals surface area contributed by atoms with Crippen molar-refractivity contribution in [2.75, 3.05) is 32.1 Å². The van der Waals surface area contributed by atoms with Crippen molar-refractivity contribution < 1.29 is 18.7 Å². The number of ether oxygens (including phenoxy) is 2. The molecule has 2 heterocycles. The summed E-state index contributed by atoms with van der Waals surface area (Å²) < 4.78 is 24.7. The molecule has 3 rings (SSSR count). The van der Waals surface area contributed by atoms with E-state index in [2.05, 4.69) is 5.32 Å². The highest BCUT2D eigenvalue weighted by Gasteiger charge is 2.41. The predicted octanol–water partition coefficient (Wildman–Crippen LogP) is 3.02. The summed E-state index contributed by atoms with van der Waals surface area (Å²) in [5, 5.41) is 2.75. The molecule has 6 heteroatoms. The summed E-state index contributed by atoms with van der Waals surface area (Å²) in [5.74, 6) is -0.360. The normalized spacial score (nSPS) is 23.7. The maximum absolute atomic E-state index is 13.2. The fourth-order valence-corrected chi connectivity index (χ4v) is 3.42. The first-order valence-corrected chi connectivity index (χ1v) is 8.08. The first kappa shape index (κ1) is 16.2. The van der Waals surface area contributed by atoms with Gasteiger partial charge in [-0.05, 0) is 37.5 Å². The van der Waals surface area contributed by atoms with E-state index >= 15 is 0 Å². The molecule has 1 aromatic carbocycles. The number of halogens is 1. The molecule has 2 fully saturated rings. The Kier molecular flexibility index (Phi) is 4.82. The van der Waals surface area contributed by atoms with Crippen LogP contribution in [0.25, 0.3) is 0 Å².